The van der Waals surface area contributed by atoms with E-state index in [1.165, 1.54) is 19.4 Å². The van der Waals surface area contributed by atoms with Gasteiger partial charge in [-0.2, -0.15) is 0 Å². The lowest BCUT2D eigenvalue weighted by molar-refractivity contribution is 0.0633. The van der Waals surface area contributed by atoms with E-state index < -0.39 is 0 Å². The fourth-order valence-corrected chi connectivity index (χ4v) is 3.41. The summed E-state index contributed by atoms with van der Waals surface area (Å²) in [5, 5.41) is 3.49. The van der Waals surface area contributed by atoms with Gasteiger partial charge in [-0.3, -0.25) is 4.79 Å². The van der Waals surface area contributed by atoms with E-state index in [2.05, 4.69) is 15.3 Å². The van der Waals surface area contributed by atoms with Crippen LogP contribution in [0, 0.1) is 11.8 Å². The smallest absolute Gasteiger partial charge is 0.291 e. The van der Waals surface area contributed by atoms with Gasteiger partial charge in [0.05, 0.1) is 0 Å². The van der Waals surface area contributed by atoms with Gasteiger partial charge < -0.3 is 10.2 Å². The summed E-state index contributed by atoms with van der Waals surface area (Å²) >= 11 is 0. The van der Waals surface area contributed by atoms with Crippen LogP contribution in [0.5, 0.6) is 0 Å². The molecule has 1 aromatic heterocycles. The highest BCUT2D eigenvalue weighted by molar-refractivity contribution is 5.90. The summed E-state index contributed by atoms with van der Waals surface area (Å²) in [6.45, 7) is 4.01. The molecule has 0 saturated carbocycles. The third-order valence-corrected chi connectivity index (χ3v) is 4.59. The summed E-state index contributed by atoms with van der Waals surface area (Å²) in [5.74, 6) is 1.87. The predicted molar refractivity (Wildman–Crippen MR) is 76.3 cm³/mol. The lowest BCUT2D eigenvalue weighted by Crippen LogP contribution is -2.43. The molecule has 0 bridgehead atoms. The quantitative estimate of drug-likeness (QED) is 0.884. The highest BCUT2D eigenvalue weighted by Gasteiger charge is 2.30. The van der Waals surface area contributed by atoms with Crippen LogP contribution in [-0.4, -0.2) is 47.0 Å². The van der Waals surface area contributed by atoms with Crippen LogP contribution in [0.1, 0.15) is 36.3 Å². The number of rotatable bonds is 2. The van der Waals surface area contributed by atoms with Crippen LogP contribution in [0.3, 0.4) is 0 Å². The minimum Gasteiger partial charge on any atom is -0.336 e. The molecule has 2 aliphatic rings. The SMILES string of the molecule is O=C(c1ncccn1)N1CCC(C2CCCNC2)CC1. The van der Waals surface area contributed by atoms with Gasteiger partial charge in [-0.25, -0.2) is 9.97 Å². The molecule has 1 unspecified atom stereocenters. The summed E-state index contributed by atoms with van der Waals surface area (Å²) < 4.78 is 0. The second-order valence-electron chi connectivity index (χ2n) is 5.81. The molecule has 20 heavy (non-hydrogen) atoms. The van der Waals surface area contributed by atoms with E-state index in [0.29, 0.717) is 5.82 Å². The number of hydrogen-bond acceptors (Lipinski definition) is 4. The molecule has 108 valence electrons. The lowest BCUT2D eigenvalue weighted by Gasteiger charge is -2.37. The highest BCUT2D eigenvalue weighted by Crippen LogP contribution is 2.29. The average molecular weight is 274 g/mol. The molecule has 5 nitrogen and oxygen atoms in total. The standard InChI is InChI=1S/C15H22N4O/c20-15(14-17-7-2-8-18-14)19-9-4-12(5-10-19)13-3-1-6-16-11-13/h2,7-8,12-13,16H,1,3-6,9-11H2. The van der Waals surface area contributed by atoms with Crippen LogP contribution in [0.4, 0.5) is 0 Å². The molecule has 1 atom stereocenters. The van der Waals surface area contributed by atoms with Crippen molar-refractivity contribution in [2.75, 3.05) is 26.2 Å². The Morgan fingerprint density at radius 3 is 2.55 bits per heavy atom. The molecule has 5 heteroatoms. The number of piperidine rings is 2. The van der Waals surface area contributed by atoms with E-state index in [1.54, 1.807) is 18.5 Å². The van der Waals surface area contributed by atoms with Crippen LogP contribution in [0.2, 0.25) is 0 Å². The average Bonchev–Trinajstić information content (AvgIpc) is 2.56. The first kappa shape index (κ1) is 13.5. The summed E-state index contributed by atoms with van der Waals surface area (Å²) in [6.07, 6.45) is 8.12. The number of likely N-dealkylation sites (tertiary alicyclic amines) is 1. The van der Waals surface area contributed by atoms with Crippen molar-refractivity contribution in [3.8, 4) is 0 Å². The maximum atomic E-state index is 12.3. The number of nitrogens with one attached hydrogen (secondary N) is 1. The lowest BCUT2D eigenvalue weighted by atomic mass is 9.80. The maximum absolute atomic E-state index is 12.3. The molecule has 2 fully saturated rings. The Morgan fingerprint density at radius 1 is 1.15 bits per heavy atom. The predicted octanol–water partition coefficient (Wildman–Crippen LogP) is 1.33. The molecule has 2 saturated heterocycles. The van der Waals surface area contributed by atoms with Gasteiger partial charge >= 0.3 is 0 Å². The second-order valence-corrected chi connectivity index (χ2v) is 5.81. The molecule has 0 radical (unpaired) electrons. The fourth-order valence-electron chi connectivity index (χ4n) is 3.41. The summed E-state index contributed by atoms with van der Waals surface area (Å²) in [7, 11) is 0. The Labute approximate surface area is 119 Å². The van der Waals surface area contributed by atoms with Crippen molar-refractivity contribution >= 4 is 5.91 Å². The molecule has 1 amide bonds. The van der Waals surface area contributed by atoms with Gasteiger partial charge in [0.2, 0.25) is 5.82 Å². The first-order valence-corrected chi connectivity index (χ1v) is 7.61. The number of hydrogen-bond donors (Lipinski definition) is 1. The van der Waals surface area contributed by atoms with E-state index >= 15 is 0 Å². The Hall–Kier alpha value is -1.49. The summed E-state index contributed by atoms with van der Waals surface area (Å²) in [5.41, 5.74) is 0. The Balaban J connectivity index is 1.54. The Bertz CT molecular complexity index is 436. The van der Waals surface area contributed by atoms with Crippen LogP contribution in [0.25, 0.3) is 0 Å². The van der Waals surface area contributed by atoms with Gasteiger partial charge in [-0.15, -0.1) is 0 Å². The Kier molecular flexibility index (Phi) is 4.25. The zero-order valence-corrected chi connectivity index (χ0v) is 11.8. The summed E-state index contributed by atoms with van der Waals surface area (Å²) in [4.78, 5) is 22.3. The van der Waals surface area contributed by atoms with E-state index in [4.69, 9.17) is 0 Å². The van der Waals surface area contributed by atoms with Gasteiger partial charge in [-0.1, -0.05) is 0 Å². The molecule has 1 aromatic rings. The van der Waals surface area contributed by atoms with Gasteiger partial charge in [0, 0.05) is 25.5 Å². The number of carbonyl (C=O) groups excluding carboxylic acids is 1. The van der Waals surface area contributed by atoms with Crippen molar-refractivity contribution in [1.82, 2.24) is 20.2 Å². The van der Waals surface area contributed by atoms with Crippen molar-refractivity contribution in [1.29, 1.82) is 0 Å². The van der Waals surface area contributed by atoms with Gasteiger partial charge in [0.1, 0.15) is 0 Å². The van der Waals surface area contributed by atoms with Crippen molar-refractivity contribution < 1.29 is 4.79 Å². The second kappa shape index (κ2) is 6.31. The topological polar surface area (TPSA) is 58.1 Å². The fraction of sp³-hybridized carbons (Fsp3) is 0.667. The summed E-state index contributed by atoms with van der Waals surface area (Å²) in [6, 6.07) is 1.74. The minimum atomic E-state index is -0.0224. The monoisotopic (exact) mass is 274 g/mol. The molecule has 2 aliphatic heterocycles. The minimum absolute atomic E-state index is 0.0224. The molecule has 1 N–H and O–H groups in total. The molecular weight excluding hydrogens is 252 g/mol. The maximum Gasteiger partial charge on any atom is 0.291 e. The van der Waals surface area contributed by atoms with Gasteiger partial charge in [0.15, 0.2) is 0 Å². The number of aromatic nitrogens is 2. The number of nitrogens with zero attached hydrogens (tertiary/aromatic N) is 3. The molecule has 0 spiro atoms. The molecule has 0 aromatic carbocycles. The van der Waals surface area contributed by atoms with E-state index in [0.717, 1.165) is 44.3 Å². The third-order valence-electron chi connectivity index (χ3n) is 4.59. The highest BCUT2D eigenvalue weighted by atomic mass is 16.2. The third kappa shape index (κ3) is 2.98. The van der Waals surface area contributed by atoms with Crippen LogP contribution < -0.4 is 5.32 Å². The Morgan fingerprint density at radius 2 is 1.90 bits per heavy atom. The van der Waals surface area contributed by atoms with Crippen molar-refractivity contribution in [2.45, 2.75) is 25.7 Å². The van der Waals surface area contributed by atoms with Crippen LogP contribution in [0.15, 0.2) is 18.5 Å². The van der Waals surface area contributed by atoms with E-state index in [1.807, 2.05) is 4.90 Å². The zero-order chi connectivity index (χ0) is 13.8. The number of amides is 1. The van der Waals surface area contributed by atoms with E-state index in [9.17, 15) is 4.79 Å². The molecule has 3 heterocycles. The molecular formula is C15H22N4O. The van der Waals surface area contributed by atoms with Gasteiger partial charge in [0.25, 0.3) is 5.91 Å². The van der Waals surface area contributed by atoms with Crippen LogP contribution >= 0.6 is 0 Å². The first-order valence-electron chi connectivity index (χ1n) is 7.61. The normalized spacial score (nSPS) is 24.6. The van der Waals surface area contributed by atoms with E-state index in [-0.39, 0.29) is 5.91 Å². The van der Waals surface area contributed by atoms with Crippen molar-refractivity contribution in [3.05, 3.63) is 24.3 Å². The van der Waals surface area contributed by atoms with Crippen molar-refractivity contribution in [3.63, 3.8) is 0 Å². The molecule has 3 rings (SSSR count). The number of carbonyl (C=O) groups is 1. The van der Waals surface area contributed by atoms with Gasteiger partial charge in [-0.05, 0) is 56.7 Å². The first-order chi connectivity index (χ1) is 9.84. The van der Waals surface area contributed by atoms with Crippen molar-refractivity contribution in [2.24, 2.45) is 11.8 Å². The zero-order valence-electron chi connectivity index (χ0n) is 11.8. The van der Waals surface area contributed by atoms with Crippen LogP contribution in [-0.2, 0) is 0 Å². The largest absolute Gasteiger partial charge is 0.336 e. The molecule has 0 aliphatic carbocycles.